The molecular formula is C16H16Cl2N2O4. The predicted molar refractivity (Wildman–Crippen MR) is 91.2 cm³/mol. The molecule has 0 saturated carbocycles. The van der Waals surface area contributed by atoms with Crippen molar-refractivity contribution in [2.24, 2.45) is 5.92 Å². The van der Waals surface area contributed by atoms with Gasteiger partial charge in [-0.25, -0.2) is 4.79 Å². The van der Waals surface area contributed by atoms with Gasteiger partial charge in [0.25, 0.3) is 0 Å². The van der Waals surface area contributed by atoms with Gasteiger partial charge in [-0.15, -0.1) is 0 Å². The molecule has 2 rings (SSSR count). The Morgan fingerprint density at radius 2 is 2.00 bits per heavy atom. The Bertz CT molecular complexity index is 682. The quantitative estimate of drug-likeness (QED) is 0.616. The Morgan fingerprint density at radius 3 is 2.54 bits per heavy atom. The van der Waals surface area contributed by atoms with Gasteiger partial charge in [0.15, 0.2) is 5.75 Å². The van der Waals surface area contributed by atoms with Crippen molar-refractivity contribution in [2.75, 3.05) is 13.7 Å². The molecule has 1 aliphatic rings. The number of urea groups is 1. The van der Waals surface area contributed by atoms with E-state index in [-0.39, 0.29) is 22.3 Å². The van der Waals surface area contributed by atoms with E-state index in [9.17, 15) is 9.59 Å². The van der Waals surface area contributed by atoms with Crippen LogP contribution < -0.4 is 15.4 Å². The molecular weight excluding hydrogens is 355 g/mol. The highest BCUT2D eigenvalue weighted by molar-refractivity contribution is 6.37. The summed E-state index contributed by atoms with van der Waals surface area (Å²) in [6.07, 6.45) is 1.56. The first kappa shape index (κ1) is 18.2. The van der Waals surface area contributed by atoms with Crippen LogP contribution in [0.1, 0.15) is 11.6 Å². The molecule has 2 N–H and O–H groups in total. The second-order valence-corrected chi connectivity index (χ2v) is 5.83. The van der Waals surface area contributed by atoms with Gasteiger partial charge in [0, 0.05) is 5.70 Å². The molecule has 8 heteroatoms. The normalized spacial score (nSPS) is 20.0. The van der Waals surface area contributed by atoms with Crippen LogP contribution in [0.5, 0.6) is 5.75 Å². The van der Waals surface area contributed by atoms with Gasteiger partial charge in [-0.2, -0.15) is 0 Å². The minimum Gasteiger partial charge on any atom is -0.486 e. The molecule has 1 heterocycles. The first-order valence-electron chi connectivity index (χ1n) is 6.95. The maximum atomic E-state index is 12.1. The number of amides is 2. The third-order valence-corrected chi connectivity index (χ3v) is 4.01. The lowest BCUT2D eigenvalue weighted by Crippen LogP contribution is -2.51. The lowest BCUT2D eigenvalue weighted by Gasteiger charge is -2.33. The van der Waals surface area contributed by atoms with Crippen molar-refractivity contribution >= 4 is 35.2 Å². The SMILES string of the molecule is C=CCOc1c(Cl)cc([C@@H]2NC(=O)NC(=C)[C@H]2C(=O)OC)cc1Cl. The summed E-state index contributed by atoms with van der Waals surface area (Å²) in [7, 11) is 1.26. The number of halogens is 2. The van der Waals surface area contributed by atoms with Crippen molar-refractivity contribution in [3.8, 4) is 5.75 Å². The first-order valence-corrected chi connectivity index (χ1v) is 7.71. The molecule has 0 aliphatic carbocycles. The maximum absolute atomic E-state index is 12.1. The van der Waals surface area contributed by atoms with Crippen LogP contribution in [0.15, 0.2) is 37.1 Å². The fourth-order valence-electron chi connectivity index (χ4n) is 2.41. The number of carbonyl (C=O) groups excluding carboxylic acids is 2. The Labute approximate surface area is 149 Å². The Kier molecular flexibility index (Phi) is 5.75. The number of methoxy groups -OCH3 is 1. The molecule has 2 atom stereocenters. The second kappa shape index (κ2) is 7.59. The van der Waals surface area contributed by atoms with Crippen LogP contribution in [-0.4, -0.2) is 25.7 Å². The summed E-state index contributed by atoms with van der Waals surface area (Å²) in [5.74, 6) is -1.06. The molecule has 0 aromatic heterocycles. The summed E-state index contributed by atoms with van der Waals surface area (Å²) < 4.78 is 10.2. The Hall–Kier alpha value is -2.18. The second-order valence-electron chi connectivity index (χ2n) is 5.02. The lowest BCUT2D eigenvalue weighted by atomic mass is 9.89. The molecule has 0 unspecified atom stereocenters. The van der Waals surface area contributed by atoms with Crippen LogP contribution >= 0.6 is 23.2 Å². The highest BCUT2D eigenvalue weighted by Gasteiger charge is 2.39. The third kappa shape index (κ3) is 3.66. The van der Waals surface area contributed by atoms with Crippen LogP contribution in [0.3, 0.4) is 0 Å². The van der Waals surface area contributed by atoms with Gasteiger partial charge >= 0.3 is 12.0 Å². The summed E-state index contributed by atoms with van der Waals surface area (Å²) in [5.41, 5.74) is 0.761. The monoisotopic (exact) mass is 370 g/mol. The topological polar surface area (TPSA) is 76.7 Å². The maximum Gasteiger partial charge on any atom is 0.319 e. The number of esters is 1. The average Bonchev–Trinajstić information content (AvgIpc) is 2.52. The fourth-order valence-corrected chi connectivity index (χ4v) is 3.02. The van der Waals surface area contributed by atoms with Gasteiger partial charge in [0.05, 0.1) is 23.2 Å². The fraction of sp³-hybridized carbons (Fsp3) is 0.250. The number of hydrogen-bond donors (Lipinski definition) is 2. The third-order valence-electron chi connectivity index (χ3n) is 3.45. The zero-order valence-electron chi connectivity index (χ0n) is 12.9. The highest BCUT2D eigenvalue weighted by Crippen LogP contribution is 2.39. The molecule has 0 bridgehead atoms. The Morgan fingerprint density at radius 1 is 1.38 bits per heavy atom. The molecule has 6 nitrogen and oxygen atoms in total. The molecule has 0 radical (unpaired) electrons. The molecule has 128 valence electrons. The number of ether oxygens (including phenoxy) is 2. The summed E-state index contributed by atoms with van der Waals surface area (Å²) >= 11 is 12.4. The predicted octanol–water partition coefficient (Wildman–Crippen LogP) is 3.22. The van der Waals surface area contributed by atoms with Crippen LogP contribution in [-0.2, 0) is 9.53 Å². The Balaban J connectivity index is 2.43. The van der Waals surface area contributed by atoms with E-state index in [1.165, 1.54) is 7.11 Å². The largest absolute Gasteiger partial charge is 0.486 e. The van der Waals surface area contributed by atoms with Crippen LogP contribution in [0, 0.1) is 5.92 Å². The molecule has 1 fully saturated rings. The van der Waals surface area contributed by atoms with Crippen molar-refractivity contribution in [3.05, 3.63) is 52.7 Å². The zero-order valence-corrected chi connectivity index (χ0v) is 14.4. The van der Waals surface area contributed by atoms with E-state index < -0.39 is 24.0 Å². The van der Waals surface area contributed by atoms with E-state index in [2.05, 4.69) is 23.8 Å². The number of hydrogen-bond acceptors (Lipinski definition) is 4. The molecule has 1 saturated heterocycles. The van der Waals surface area contributed by atoms with Crippen LogP contribution in [0.4, 0.5) is 4.79 Å². The van der Waals surface area contributed by atoms with Crippen molar-refractivity contribution in [2.45, 2.75) is 6.04 Å². The van der Waals surface area contributed by atoms with Crippen molar-refractivity contribution in [1.82, 2.24) is 10.6 Å². The van der Waals surface area contributed by atoms with Gasteiger partial charge in [-0.1, -0.05) is 42.4 Å². The van der Waals surface area contributed by atoms with E-state index in [0.29, 0.717) is 11.3 Å². The number of benzene rings is 1. The number of rotatable bonds is 5. The molecule has 1 aromatic carbocycles. The minimum atomic E-state index is -0.820. The van der Waals surface area contributed by atoms with Gasteiger partial charge < -0.3 is 20.1 Å². The molecule has 2 amide bonds. The van der Waals surface area contributed by atoms with Gasteiger partial charge in [0.1, 0.15) is 12.5 Å². The van der Waals surface area contributed by atoms with Gasteiger partial charge in [0.2, 0.25) is 0 Å². The van der Waals surface area contributed by atoms with Crippen molar-refractivity contribution < 1.29 is 19.1 Å². The summed E-state index contributed by atoms with van der Waals surface area (Å²) in [6.45, 7) is 7.51. The molecule has 24 heavy (non-hydrogen) atoms. The van der Waals surface area contributed by atoms with E-state index >= 15 is 0 Å². The van der Waals surface area contributed by atoms with Gasteiger partial charge in [-0.3, -0.25) is 4.79 Å². The van der Waals surface area contributed by atoms with Crippen LogP contribution in [0.2, 0.25) is 10.0 Å². The standard InChI is InChI=1S/C16H16Cl2N2O4/c1-4-5-24-14-10(17)6-9(7-11(14)18)13-12(15(21)23-3)8(2)19-16(22)20-13/h4,6-7,12-13H,1-2,5H2,3H3,(H2,19,20,22)/t12-,13+/m1/s1. The molecule has 0 spiro atoms. The van der Waals surface area contributed by atoms with E-state index in [1.807, 2.05) is 0 Å². The summed E-state index contributed by atoms with van der Waals surface area (Å²) in [4.78, 5) is 23.8. The summed E-state index contributed by atoms with van der Waals surface area (Å²) in [6, 6.07) is 1.95. The number of carbonyl (C=O) groups is 2. The number of nitrogens with one attached hydrogen (secondary N) is 2. The zero-order chi connectivity index (χ0) is 17.9. The lowest BCUT2D eigenvalue weighted by molar-refractivity contribution is -0.145. The highest BCUT2D eigenvalue weighted by atomic mass is 35.5. The first-order chi connectivity index (χ1) is 11.4. The summed E-state index contributed by atoms with van der Waals surface area (Å²) in [5, 5.41) is 5.63. The van der Waals surface area contributed by atoms with E-state index in [1.54, 1.807) is 18.2 Å². The van der Waals surface area contributed by atoms with Crippen molar-refractivity contribution in [3.63, 3.8) is 0 Å². The molecule has 1 aliphatic heterocycles. The van der Waals surface area contributed by atoms with Gasteiger partial charge in [-0.05, 0) is 17.7 Å². The smallest absolute Gasteiger partial charge is 0.319 e. The van der Waals surface area contributed by atoms with Crippen molar-refractivity contribution in [1.29, 1.82) is 0 Å². The minimum absolute atomic E-state index is 0.231. The van der Waals surface area contributed by atoms with E-state index in [4.69, 9.17) is 32.7 Å². The average molecular weight is 371 g/mol. The van der Waals surface area contributed by atoms with E-state index in [0.717, 1.165) is 0 Å². The molecule has 1 aromatic rings. The van der Waals surface area contributed by atoms with Crippen LogP contribution in [0.25, 0.3) is 0 Å².